The van der Waals surface area contributed by atoms with Crippen LogP contribution >= 0.6 is 0 Å². The highest BCUT2D eigenvalue weighted by Crippen LogP contribution is 2.19. The number of hydrogen-bond acceptors (Lipinski definition) is 5. The average molecular weight is 355 g/mol. The maximum Gasteiger partial charge on any atom is 0.270 e. The fourth-order valence-electron chi connectivity index (χ4n) is 2.50. The molecule has 0 aliphatic heterocycles. The van der Waals surface area contributed by atoms with E-state index in [1.54, 1.807) is 19.2 Å². The van der Waals surface area contributed by atoms with Crippen molar-refractivity contribution in [2.24, 2.45) is 5.10 Å². The predicted octanol–water partition coefficient (Wildman–Crippen LogP) is 3.38. The van der Waals surface area contributed by atoms with Crippen molar-refractivity contribution in [2.45, 2.75) is 26.2 Å². The number of nitrogens with zero attached hydrogens (tertiary/aromatic N) is 2. The number of nitrogens with one attached hydrogen (secondary N) is 1. The van der Waals surface area contributed by atoms with Crippen LogP contribution in [-0.2, 0) is 11.2 Å². The van der Waals surface area contributed by atoms with Crippen LogP contribution in [0.15, 0.2) is 47.6 Å². The van der Waals surface area contributed by atoms with Gasteiger partial charge in [0.2, 0.25) is 5.91 Å². The third-order valence-electron chi connectivity index (χ3n) is 3.81. The molecule has 26 heavy (non-hydrogen) atoms. The third kappa shape index (κ3) is 5.70. The molecule has 0 fully saturated rings. The summed E-state index contributed by atoms with van der Waals surface area (Å²) in [4.78, 5) is 22.0. The van der Waals surface area contributed by atoms with E-state index < -0.39 is 4.92 Å². The van der Waals surface area contributed by atoms with E-state index in [9.17, 15) is 14.9 Å². The molecular weight excluding hydrogens is 334 g/mol. The molecule has 1 amide bonds. The van der Waals surface area contributed by atoms with Crippen molar-refractivity contribution in [3.8, 4) is 5.75 Å². The van der Waals surface area contributed by atoms with E-state index in [1.807, 2.05) is 19.1 Å². The first-order valence-electron chi connectivity index (χ1n) is 8.19. The van der Waals surface area contributed by atoms with E-state index in [-0.39, 0.29) is 11.6 Å². The monoisotopic (exact) mass is 355 g/mol. The lowest BCUT2D eigenvalue weighted by Gasteiger charge is -2.07. The van der Waals surface area contributed by atoms with Gasteiger partial charge in [0.25, 0.3) is 5.69 Å². The molecule has 2 aromatic rings. The zero-order chi connectivity index (χ0) is 18.9. The van der Waals surface area contributed by atoms with E-state index >= 15 is 0 Å². The van der Waals surface area contributed by atoms with Crippen LogP contribution in [0.1, 0.15) is 29.5 Å². The fourth-order valence-corrected chi connectivity index (χ4v) is 2.50. The van der Waals surface area contributed by atoms with Gasteiger partial charge < -0.3 is 4.74 Å². The summed E-state index contributed by atoms with van der Waals surface area (Å²) in [5, 5.41) is 14.6. The Morgan fingerprint density at radius 1 is 1.31 bits per heavy atom. The zero-order valence-corrected chi connectivity index (χ0v) is 14.8. The highest BCUT2D eigenvalue weighted by atomic mass is 16.6. The van der Waals surface area contributed by atoms with E-state index in [0.717, 1.165) is 23.3 Å². The molecule has 2 aromatic carbocycles. The summed E-state index contributed by atoms with van der Waals surface area (Å²) in [6.07, 6.45) is 3.21. The van der Waals surface area contributed by atoms with Crippen LogP contribution in [0.5, 0.6) is 5.75 Å². The van der Waals surface area contributed by atoms with Crippen LogP contribution in [0, 0.1) is 17.0 Å². The minimum absolute atomic E-state index is 0.0185. The van der Waals surface area contributed by atoms with Gasteiger partial charge in [-0.2, -0.15) is 5.10 Å². The molecule has 136 valence electrons. The third-order valence-corrected chi connectivity index (χ3v) is 3.81. The quantitative estimate of drug-likeness (QED) is 0.446. The second-order valence-electron chi connectivity index (χ2n) is 5.80. The van der Waals surface area contributed by atoms with Crippen molar-refractivity contribution in [3.63, 3.8) is 0 Å². The lowest BCUT2D eigenvalue weighted by atomic mass is 10.1. The molecule has 0 saturated heterocycles. The predicted molar refractivity (Wildman–Crippen MR) is 99.5 cm³/mol. The number of ether oxygens (including phenoxy) is 1. The highest BCUT2D eigenvalue weighted by Gasteiger charge is 2.05. The minimum Gasteiger partial charge on any atom is -0.496 e. The number of hydrogen-bond donors (Lipinski definition) is 1. The molecule has 0 heterocycles. The normalized spacial score (nSPS) is 10.7. The smallest absolute Gasteiger partial charge is 0.270 e. The highest BCUT2D eigenvalue weighted by molar-refractivity contribution is 5.83. The van der Waals surface area contributed by atoms with Crippen LogP contribution in [0.4, 0.5) is 5.69 Å². The Morgan fingerprint density at radius 2 is 2.12 bits per heavy atom. The van der Waals surface area contributed by atoms with Gasteiger partial charge in [-0.05, 0) is 37.0 Å². The van der Waals surface area contributed by atoms with Crippen molar-refractivity contribution in [1.29, 1.82) is 0 Å². The second kappa shape index (κ2) is 9.31. The van der Waals surface area contributed by atoms with Crippen molar-refractivity contribution in [3.05, 3.63) is 69.3 Å². The van der Waals surface area contributed by atoms with Gasteiger partial charge in [-0.3, -0.25) is 14.9 Å². The van der Waals surface area contributed by atoms with Gasteiger partial charge in [-0.1, -0.05) is 24.3 Å². The summed E-state index contributed by atoms with van der Waals surface area (Å²) >= 11 is 0. The van der Waals surface area contributed by atoms with Crippen LogP contribution in [0.2, 0.25) is 0 Å². The van der Waals surface area contributed by atoms with E-state index in [0.29, 0.717) is 18.4 Å². The van der Waals surface area contributed by atoms with Gasteiger partial charge in [-0.15, -0.1) is 0 Å². The Labute approximate surface area is 151 Å². The molecule has 7 nitrogen and oxygen atoms in total. The van der Waals surface area contributed by atoms with Crippen molar-refractivity contribution >= 4 is 17.8 Å². The Bertz CT molecular complexity index is 818. The summed E-state index contributed by atoms with van der Waals surface area (Å²) in [6, 6.07) is 12.0. The SMILES string of the molecule is COc1ccc(CCCC(=O)N/N=C\c2cccc([N+](=O)[O-])c2)cc1C. The summed E-state index contributed by atoms with van der Waals surface area (Å²) < 4.78 is 5.23. The van der Waals surface area contributed by atoms with Crippen LogP contribution in [0.3, 0.4) is 0 Å². The number of aryl methyl sites for hydroxylation is 2. The van der Waals surface area contributed by atoms with E-state index in [4.69, 9.17) is 4.74 Å². The Hall–Kier alpha value is -3.22. The Balaban J connectivity index is 1.77. The summed E-state index contributed by atoms with van der Waals surface area (Å²) in [5.74, 6) is 0.652. The second-order valence-corrected chi connectivity index (χ2v) is 5.80. The number of rotatable bonds is 8. The summed E-state index contributed by atoms with van der Waals surface area (Å²) in [5.41, 5.74) is 5.18. The standard InChI is InChI=1S/C19H21N3O4/c1-14-11-15(9-10-18(14)26-2)5-4-8-19(23)21-20-13-16-6-3-7-17(12-16)22(24)25/h3,6-7,9-13H,4-5,8H2,1-2H3,(H,21,23)/b20-13-. The molecule has 7 heteroatoms. The number of non-ortho nitro benzene ring substituents is 1. The molecular formula is C19H21N3O4. The van der Waals surface area contributed by atoms with Crippen LogP contribution in [0.25, 0.3) is 0 Å². The number of carbonyl (C=O) groups excluding carboxylic acids is 1. The number of nitro benzene ring substituents is 1. The number of amides is 1. The lowest BCUT2D eigenvalue weighted by Crippen LogP contribution is -2.17. The van der Waals surface area contributed by atoms with Gasteiger partial charge in [0.05, 0.1) is 18.2 Å². The maximum absolute atomic E-state index is 11.8. The number of methoxy groups -OCH3 is 1. The molecule has 0 aliphatic carbocycles. The largest absolute Gasteiger partial charge is 0.496 e. The van der Waals surface area contributed by atoms with Crippen molar-refractivity contribution in [1.82, 2.24) is 5.43 Å². The Morgan fingerprint density at radius 3 is 2.81 bits per heavy atom. The molecule has 0 aromatic heterocycles. The van der Waals surface area contributed by atoms with Gasteiger partial charge in [0, 0.05) is 24.1 Å². The Kier molecular flexibility index (Phi) is 6.84. The molecule has 0 aliphatic rings. The topological polar surface area (TPSA) is 93.8 Å². The molecule has 0 atom stereocenters. The number of nitro groups is 1. The first kappa shape index (κ1) is 19.1. The molecule has 0 radical (unpaired) electrons. The van der Waals surface area contributed by atoms with Gasteiger partial charge in [-0.25, -0.2) is 5.43 Å². The number of benzene rings is 2. The molecule has 2 rings (SSSR count). The van der Waals surface area contributed by atoms with Gasteiger partial charge in [0.15, 0.2) is 0 Å². The zero-order valence-electron chi connectivity index (χ0n) is 14.8. The molecule has 0 spiro atoms. The first-order chi connectivity index (χ1) is 12.5. The molecule has 1 N–H and O–H groups in total. The van der Waals surface area contributed by atoms with Crippen molar-refractivity contribution < 1.29 is 14.5 Å². The van der Waals surface area contributed by atoms with Gasteiger partial charge >= 0.3 is 0 Å². The maximum atomic E-state index is 11.8. The van der Waals surface area contributed by atoms with Crippen LogP contribution < -0.4 is 10.2 Å². The van der Waals surface area contributed by atoms with E-state index in [2.05, 4.69) is 16.6 Å². The van der Waals surface area contributed by atoms with Crippen LogP contribution in [-0.4, -0.2) is 24.2 Å². The lowest BCUT2D eigenvalue weighted by molar-refractivity contribution is -0.384. The average Bonchev–Trinajstić information content (AvgIpc) is 2.62. The summed E-state index contributed by atoms with van der Waals surface area (Å²) in [6.45, 7) is 1.98. The van der Waals surface area contributed by atoms with Crippen molar-refractivity contribution in [2.75, 3.05) is 7.11 Å². The first-order valence-corrected chi connectivity index (χ1v) is 8.19. The molecule has 0 bridgehead atoms. The number of carbonyl (C=O) groups is 1. The van der Waals surface area contributed by atoms with E-state index in [1.165, 1.54) is 18.3 Å². The number of hydrazone groups is 1. The minimum atomic E-state index is -0.475. The van der Waals surface area contributed by atoms with Gasteiger partial charge in [0.1, 0.15) is 5.75 Å². The molecule has 0 unspecified atom stereocenters. The molecule has 0 saturated carbocycles. The fraction of sp³-hybridized carbons (Fsp3) is 0.263. The summed E-state index contributed by atoms with van der Waals surface area (Å²) in [7, 11) is 1.64.